The Morgan fingerprint density at radius 3 is 2.47 bits per heavy atom. The molecule has 0 saturated heterocycles. The van der Waals surface area contributed by atoms with Crippen molar-refractivity contribution in [3.05, 3.63) is 71.2 Å². The molecule has 0 aliphatic carbocycles. The van der Waals surface area contributed by atoms with E-state index in [9.17, 15) is 4.79 Å². The van der Waals surface area contributed by atoms with E-state index < -0.39 is 6.04 Å². The number of aryl methyl sites for hydroxylation is 1. The van der Waals surface area contributed by atoms with E-state index in [0.717, 1.165) is 34.6 Å². The molecule has 0 radical (unpaired) electrons. The first-order valence-electron chi connectivity index (χ1n) is 12.4. The van der Waals surface area contributed by atoms with Crippen molar-refractivity contribution in [1.29, 1.82) is 0 Å². The standard InChI is InChI=1S/C28H34N4O4/c1-6-20-8-10-21(11-9-20)25-24(19(4)32(28(33)29-25)16-7-17-35-18(2)3)27-30-26(31-36-27)22-12-14-23(34-5)15-13-22/h8-15,18,25H,6-7,16-17H2,1-5H3,(H,29,33). The van der Waals surface area contributed by atoms with Crippen LogP contribution in [0.25, 0.3) is 17.0 Å². The number of ether oxygens (including phenoxy) is 2. The molecule has 4 rings (SSSR count). The fourth-order valence-corrected chi connectivity index (χ4v) is 4.26. The Bertz CT molecular complexity index is 1200. The number of carbonyl (C=O) groups excluding carboxylic acids is 1. The second-order valence-corrected chi connectivity index (χ2v) is 9.05. The van der Waals surface area contributed by atoms with E-state index >= 15 is 0 Å². The van der Waals surface area contributed by atoms with Crippen molar-refractivity contribution in [1.82, 2.24) is 20.4 Å². The van der Waals surface area contributed by atoms with Crippen molar-refractivity contribution in [3.63, 3.8) is 0 Å². The van der Waals surface area contributed by atoms with Gasteiger partial charge in [-0.3, -0.25) is 4.90 Å². The van der Waals surface area contributed by atoms with Gasteiger partial charge in [-0.15, -0.1) is 0 Å². The number of nitrogens with zero attached hydrogens (tertiary/aromatic N) is 3. The molecule has 1 aliphatic heterocycles. The number of rotatable bonds is 10. The van der Waals surface area contributed by atoms with Gasteiger partial charge in [-0.05, 0) is 69.0 Å². The van der Waals surface area contributed by atoms with E-state index in [0.29, 0.717) is 31.3 Å². The quantitative estimate of drug-likeness (QED) is 0.371. The molecular weight excluding hydrogens is 456 g/mol. The first-order valence-corrected chi connectivity index (χ1v) is 12.4. The van der Waals surface area contributed by atoms with Gasteiger partial charge in [0.05, 0.1) is 24.8 Å². The number of amides is 2. The number of nitrogens with one attached hydrogen (secondary N) is 1. The minimum atomic E-state index is -0.407. The van der Waals surface area contributed by atoms with Crippen molar-refractivity contribution in [2.75, 3.05) is 20.3 Å². The summed E-state index contributed by atoms with van der Waals surface area (Å²) in [5.41, 5.74) is 4.58. The Labute approximate surface area is 212 Å². The lowest BCUT2D eigenvalue weighted by Gasteiger charge is -2.35. The van der Waals surface area contributed by atoms with E-state index in [-0.39, 0.29) is 12.1 Å². The molecular formula is C28H34N4O4. The fourth-order valence-electron chi connectivity index (χ4n) is 4.26. The van der Waals surface area contributed by atoms with E-state index in [2.05, 4.69) is 29.5 Å². The second kappa shape index (κ2) is 11.4. The molecule has 0 bridgehead atoms. The van der Waals surface area contributed by atoms with Crippen LogP contribution in [0.15, 0.2) is 58.8 Å². The highest BCUT2D eigenvalue weighted by Crippen LogP contribution is 2.37. The average molecular weight is 491 g/mol. The Morgan fingerprint density at radius 1 is 1.11 bits per heavy atom. The predicted octanol–water partition coefficient (Wildman–Crippen LogP) is 5.62. The van der Waals surface area contributed by atoms with Crippen LogP contribution in [-0.2, 0) is 11.2 Å². The zero-order chi connectivity index (χ0) is 25.7. The Hall–Kier alpha value is -3.65. The van der Waals surface area contributed by atoms with Gasteiger partial charge < -0.3 is 19.3 Å². The van der Waals surface area contributed by atoms with Crippen LogP contribution in [0.1, 0.15) is 57.2 Å². The first-order chi connectivity index (χ1) is 17.4. The molecule has 2 heterocycles. The molecule has 1 aromatic heterocycles. The van der Waals surface area contributed by atoms with Gasteiger partial charge in [0.1, 0.15) is 5.75 Å². The molecule has 8 nitrogen and oxygen atoms in total. The van der Waals surface area contributed by atoms with Gasteiger partial charge in [-0.1, -0.05) is 36.3 Å². The van der Waals surface area contributed by atoms with E-state index in [1.807, 2.05) is 57.2 Å². The SMILES string of the molecule is CCc1ccc(C2NC(=O)N(CCCOC(C)C)C(C)=C2c2nc(-c3ccc(OC)cc3)no2)cc1. The number of hydrogen-bond acceptors (Lipinski definition) is 6. The summed E-state index contributed by atoms with van der Waals surface area (Å²) in [6, 6.07) is 15.2. The zero-order valence-corrected chi connectivity index (χ0v) is 21.6. The van der Waals surface area contributed by atoms with Gasteiger partial charge in [0, 0.05) is 24.4 Å². The summed E-state index contributed by atoms with van der Waals surface area (Å²) in [6.45, 7) is 9.15. The van der Waals surface area contributed by atoms with Gasteiger partial charge in [-0.25, -0.2) is 4.79 Å². The molecule has 0 saturated carbocycles. The monoisotopic (exact) mass is 490 g/mol. The smallest absolute Gasteiger partial charge is 0.322 e. The first kappa shape index (κ1) is 25.4. The molecule has 0 fully saturated rings. The van der Waals surface area contributed by atoms with Crippen LogP contribution in [0.4, 0.5) is 4.79 Å². The highest BCUT2D eigenvalue weighted by Gasteiger charge is 2.35. The number of methoxy groups -OCH3 is 1. The molecule has 1 aliphatic rings. The molecule has 1 N–H and O–H groups in total. The molecule has 1 unspecified atom stereocenters. The number of allylic oxidation sites excluding steroid dienone is 1. The number of carbonyl (C=O) groups is 1. The van der Waals surface area contributed by atoms with Crippen LogP contribution < -0.4 is 10.1 Å². The normalized spacial score (nSPS) is 16.0. The highest BCUT2D eigenvalue weighted by molar-refractivity contribution is 5.86. The summed E-state index contributed by atoms with van der Waals surface area (Å²) in [7, 11) is 1.63. The minimum Gasteiger partial charge on any atom is -0.497 e. The lowest BCUT2D eigenvalue weighted by Crippen LogP contribution is -2.46. The van der Waals surface area contributed by atoms with Crippen LogP contribution in [-0.4, -0.2) is 47.4 Å². The third-order valence-electron chi connectivity index (χ3n) is 6.30. The average Bonchev–Trinajstić information content (AvgIpc) is 3.37. The maximum atomic E-state index is 13.2. The summed E-state index contributed by atoms with van der Waals surface area (Å²) in [4.78, 5) is 19.6. The third-order valence-corrected chi connectivity index (χ3v) is 6.30. The summed E-state index contributed by atoms with van der Waals surface area (Å²) in [5.74, 6) is 1.61. The van der Waals surface area contributed by atoms with E-state index in [1.54, 1.807) is 12.0 Å². The van der Waals surface area contributed by atoms with Crippen molar-refractivity contribution in [2.24, 2.45) is 0 Å². The molecule has 190 valence electrons. The molecule has 0 spiro atoms. The molecule has 2 amide bonds. The molecule has 3 aromatic rings. The van der Waals surface area contributed by atoms with Gasteiger partial charge in [0.2, 0.25) is 5.82 Å². The van der Waals surface area contributed by atoms with Gasteiger partial charge in [0.25, 0.3) is 5.89 Å². The molecule has 36 heavy (non-hydrogen) atoms. The topological polar surface area (TPSA) is 89.7 Å². The predicted molar refractivity (Wildman–Crippen MR) is 138 cm³/mol. The van der Waals surface area contributed by atoms with Gasteiger partial charge >= 0.3 is 6.03 Å². The maximum absolute atomic E-state index is 13.2. The molecule has 1 atom stereocenters. The molecule has 8 heteroatoms. The van der Waals surface area contributed by atoms with Crippen molar-refractivity contribution in [2.45, 2.75) is 52.7 Å². The van der Waals surface area contributed by atoms with E-state index in [1.165, 1.54) is 5.56 Å². The Balaban J connectivity index is 1.69. The van der Waals surface area contributed by atoms with Crippen LogP contribution in [0.2, 0.25) is 0 Å². The second-order valence-electron chi connectivity index (χ2n) is 9.05. The van der Waals surface area contributed by atoms with Crippen LogP contribution in [0, 0.1) is 0 Å². The lowest BCUT2D eigenvalue weighted by atomic mass is 9.93. The van der Waals surface area contributed by atoms with Crippen LogP contribution >= 0.6 is 0 Å². The van der Waals surface area contributed by atoms with Crippen LogP contribution in [0.3, 0.4) is 0 Å². The lowest BCUT2D eigenvalue weighted by molar-refractivity contribution is 0.0736. The highest BCUT2D eigenvalue weighted by atomic mass is 16.5. The number of hydrogen-bond donors (Lipinski definition) is 1. The number of aromatic nitrogens is 2. The summed E-state index contributed by atoms with van der Waals surface area (Å²) in [5, 5.41) is 7.39. The van der Waals surface area contributed by atoms with Crippen molar-refractivity contribution >= 4 is 11.6 Å². The Kier molecular flexibility index (Phi) is 8.05. The van der Waals surface area contributed by atoms with E-state index in [4.69, 9.17) is 19.0 Å². The molecule has 2 aromatic carbocycles. The van der Waals surface area contributed by atoms with Gasteiger partial charge in [-0.2, -0.15) is 4.98 Å². The zero-order valence-electron chi connectivity index (χ0n) is 21.6. The largest absolute Gasteiger partial charge is 0.497 e. The fraction of sp³-hybridized carbons (Fsp3) is 0.393. The van der Waals surface area contributed by atoms with Crippen LogP contribution in [0.5, 0.6) is 5.75 Å². The van der Waals surface area contributed by atoms with Gasteiger partial charge in [0.15, 0.2) is 0 Å². The number of urea groups is 1. The third kappa shape index (κ3) is 5.60. The van der Waals surface area contributed by atoms with Crippen molar-refractivity contribution < 1.29 is 18.8 Å². The van der Waals surface area contributed by atoms with Crippen molar-refractivity contribution in [3.8, 4) is 17.1 Å². The summed E-state index contributed by atoms with van der Waals surface area (Å²) < 4.78 is 16.7. The maximum Gasteiger partial charge on any atom is 0.322 e. The summed E-state index contributed by atoms with van der Waals surface area (Å²) >= 11 is 0. The minimum absolute atomic E-state index is 0.151. The summed E-state index contributed by atoms with van der Waals surface area (Å²) in [6.07, 6.45) is 1.81. The number of benzene rings is 2. The Morgan fingerprint density at radius 2 is 1.83 bits per heavy atom.